The monoisotopic (exact) mass is 227 g/mol. The van der Waals surface area contributed by atoms with Gasteiger partial charge in [0.1, 0.15) is 0 Å². The molecule has 94 valence electrons. The average Bonchev–Trinajstić information content (AvgIpc) is 2.45. The highest BCUT2D eigenvalue weighted by Crippen LogP contribution is 2.21. The molecule has 0 aromatic heterocycles. The first-order valence-electron chi connectivity index (χ1n) is 6.81. The van der Waals surface area contributed by atoms with Gasteiger partial charge in [-0.15, -0.1) is 0 Å². The van der Waals surface area contributed by atoms with Gasteiger partial charge in [0.2, 0.25) is 0 Å². The van der Waals surface area contributed by atoms with Gasteiger partial charge < -0.3 is 15.2 Å². The molecular formula is C13H25NO2. The fourth-order valence-corrected chi connectivity index (χ4v) is 2.93. The quantitative estimate of drug-likeness (QED) is 0.707. The van der Waals surface area contributed by atoms with Crippen LogP contribution in [0, 0.1) is 0 Å². The van der Waals surface area contributed by atoms with Gasteiger partial charge in [-0.3, -0.25) is 0 Å². The summed E-state index contributed by atoms with van der Waals surface area (Å²) >= 11 is 0. The van der Waals surface area contributed by atoms with Crippen molar-refractivity contribution in [2.45, 2.75) is 76.2 Å². The van der Waals surface area contributed by atoms with Crippen molar-refractivity contribution in [1.82, 2.24) is 5.32 Å². The number of hydrogen-bond donors (Lipinski definition) is 2. The summed E-state index contributed by atoms with van der Waals surface area (Å²) in [5.41, 5.74) is 0. The van der Waals surface area contributed by atoms with E-state index in [9.17, 15) is 5.11 Å². The number of aliphatic hydroxyl groups excluding tert-OH is 1. The maximum Gasteiger partial charge on any atom is 0.0693 e. The molecule has 4 unspecified atom stereocenters. The molecule has 2 N–H and O–H groups in total. The first kappa shape index (κ1) is 12.3. The van der Waals surface area contributed by atoms with Crippen LogP contribution in [0.2, 0.25) is 0 Å². The minimum absolute atomic E-state index is 0.138. The third kappa shape index (κ3) is 3.44. The Bertz CT molecular complexity index is 210. The molecule has 1 aliphatic heterocycles. The van der Waals surface area contributed by atoms with Gasteiger partial charge in [-0.2, -0.15) is 0 Å². The van der Waals surface area contributed by atoms with Crippen LogP contribution in [0.5, 0.6) is 0 Å². The van der Waals surface area contributed by atoms with Crippen molar-refractivity contribution < 1.29 is 9.84 Å². The van der Waals surface area contributed by atoms with Gasteiger partial charge in [0, 0.05) is 18.7 Å². The molecule has 0 radical (unpaired) electrons. The van der Waals surface area contributed by atoms with Crippen LogP contribution in [-0.4, -0.2) is 36.0 Å². The molecule has 3 nitrogen and oxygen atoms in total. The second-order valence-corrected chi connectivity index (χ2v) is 5.38. The largest absolute Gasteiger partial charge is 0.392 e. The zero-order valence-corrected chi connectivity index (χ0v) is 10.3. The van der Waals surface area contributed by atoms with Gasteiger partial charge in [0.15, 0.2) is 0 Å². The molecule has 1 heterocycles. The first-order valence-corrected chi connectivity index (χ1v) is 6.81. The minimum atomic E-state index is -0.138. The van der Waals surface area contributed by atoms with E-state index in [0.717, 1.165) is 32.3 Å². The smallest absolute Gasteiger partial charge is 0.0693 e. The minimum Gasteiger partial charge on any atom is -0.392 e. The molecule has 3 heteroatoms. The fourth-order valence-electron chi connectivity index (χ4n) is 2.93. The zero-order chi connectivity index (χ0) is 11.4. The van der Waals surface area contributed by atoms with Crippen LogP contribution in [0.4, 0.5) is 0 Å². The highest BCUT2D eigenvalue weighted by molar-refractivity contribution is 4.84. The van der Waals surface area contributed by atoms with Crippen molar-refractivity contribution in [2.24, 2.45) is 0 Å². The van der Waals surface area contributed by atoms with Crippen molar-refractivity contribution in [1.29, 1.82) is 0 Å². The molecule has 1 saturated carbocycles. The Morgan fingerprint density at radius 3 is 2.75 bits per heavy atom. The van der Waals surface area contributed by atoms with Crippen molar-refractivity contribution in [3.8, 4) is 0 Å². The van der Waals surface area contributed by atoms with Gasteiger partial charge in [-0.25, -0.2) is 0 Å². The Hall–Kier alpha value is -0.120. The third-order valence-corrected chi connectivity index (χ3v) is 3.91. The summed E-state index contributed by atoms with van der Waals surface area (Å²) in [5.74, 6) is 0. The summed E-state index contributed by atoms with van der Waals surface area (Å²) in [6.45, 7) is 3.00. The summed E-state index contributed by atoms with van der Waals surface area (Å²) in [4.78, 5) is 0. The van der Waals surface area contributed by atoms with Crippen molar-refractivity contribution in [3.05, 3.63) is 0 Å². The predicted molar refractivity (Wildman–Crippen MR) is 64.5 cm³/mol. The van der Waals surface area contributed by atoms with E-state index < -0.39 is 0 Å². The van der Waals surface area contributed by atoms with E-state index in [1.165, 1.54) is 19.3 Å². The standard InChI is InChI=1S/C13H25NO2/c1-10-9-11(7-8-16-10)14-12-5-3-2-4-6-13(12)15/h10-15H,2-9H2,1H3. The first-order chi connectivity index (χ1) is 7.75. The summed E-state index contributed by atoms with van der Waals surface area (Å²) < 4.78 is 5.55. The summed E-state index contributed by atoms with van der Waals surface area (Å²) in [6, 6.07) is 0.860. The molecule has 2 fully saturated rings. The second-order valence-electron chi connectivity index (χ2n) is 5.38. The van der Waals surface area contributed by atoms with Gasteiger partial charge in [-0.1, -0.05) is 19.3 Å². The van der Waals surface area contributed by atoms with Gasteiger partial charge >= 0.3 is 0 Å². The van der Waals surface area contributed by atoms with Crippen molar-refractivity contribution >= 4 is 0 Å². The molecule has 0 aromatic rings. The Balaban J connectivity index is 1.82. The van der Waals surface area contributed by atoms with E-state index in [0.29, 0.717) is 18.2 Å². The molecule has 0 aromatic carbocycles. The van der Waals surface area contributed by atoms with Gasteiger partial charge in [0.25, 0.3) is 0 Å². The number of hydrogen-bond acceptors (Lipinski definition) is 3. The maximum absolute atomic E-state index is 10.1. The van der Waals surface area contributed by atoms with Crippen LogP contribution in [0.3, 0.4) is 0 Å². The Labute approximate surface area is 98.6 Å². The maximum atomic E-state index is 10.1. The Kier molecular flexibility index (Phi) is 4.62. The lowest BCUT2D eigenvalue weighted by Gasteiger charge is -2.33. The molecule has 16 heavy (non-hydrogen) atoms. The number of nitrogens with one attached hydrogen (secondary N) is 1. The van der Waals surface area contributed by atoms with E-state index in [1.807, 2.05) is 0 Å². The summed E-state index contributed by atoms with van der Waals surface area (Å²) in [7, 11) is 0. The number of aliphatic hydroxyl groups is 1. The highest BCUT2D eigenvalue weighted by Gasteiger charge is 2.26. The summed E-state index contributed by atoms with van der Waals surface area (Å²) in [5, 5.41) is 13.7. The molecule has 4 atom stereocenters. The van der Waals surface area contributed by atoms with Crippen LogP contribution in [-0.2, 0) is 4.74 Å². The highest BCUT2D eigenvalue weighted by atomic mass is 16.5. The van der Waals surface area contributed by atoms with E-state index in [2.05, 4.69) is 12.2 Å². The normalized spacial score (nSPS) is 41.6. The average molecular weight is 227 g/mol. The molecule has 0 amide bonds. The molecule has 2 aliphatic rings. The second kappa shape index (κ2) is 5.99. The molecule has 1 aliphatic carbocycles. The van der Waals surface area contributed by atoms with Crippen LogP contribution in [0.15, 0.2) is 0 Å². The van der Waals surface area contributed by atoms with Crippen LogP contribution in [0.25, 0.3) is 0 Å². The molecule has 2 rings (SSSR count). The lowest BCUT2D eigenvalue weighted by molar-refractivity contribution is 0.00535. The topological polar surface area (TPSA) is 41.5 Å². The zero-order valence-electron chi connectivity index (χ0n) is 10.3. The lowest BCUT2D eigenvalue weighted by atomic mass is 9.99. The molecule has 0 bridgehead atoms. The van der Waals surface area contributed by atoms with Gasteiger partial charge in [-0.05, 0) is 32.6 Å². The SMILES string of the molecule is CC1CC(NC2CCCCCC2O)CCO1. The predicted octanol–water partition coefficient (Wildman–Crippen LogP) is 1.84. The van der Waals surface area contributed by atoms with E-state index in [1.54, 1.807) is 0 Å². The van der Waals surface area contributed by atoms with E-state index in [-0.39, 0.29) is 6.10 Å². The van der Waals surface area contributed by atoms with Crippen LogP contribution in [0.1, 0.15) is 51.9 Å². The Morgan fingerprint density at radius 2 is 1.94 bits per heavy atom. The van der Waals surface area contributed by atoms with Crippen LogP contribution < -0.4 is 5.32 Å². The van der Waals surface area contributed by atoms with Crippen LogP contribution >= 0.6 is 0 Å². The number of rotatable bonds is 2. The molecular weight excluding hydrogens is 202 g/mol. The van der Waals surface area contributed by atoms with Crippen molar-refractivity contribution in [3.63, 3.8) is 0 Å². The van der Waals surface area contributed by atoms with Crippen molar-refractivity contribution in [2.75, 3.05) is 6.61 Å². The summed E-state index contributed by atoms with van der Waals surface area (Å²) in [6.07, 6.45) is 8.23. The Morgan fingerprint density at radius 1 is 1.12 bits per heavy atom. The lowest BCUT2D eigenvalue weighted by Crippen LogP contribution is -2.48. The van der Waals surface area contributed by atoms with E-state index >= 15 is 0 Å². The number of ether oxygens (including phenoxy) is 1. The molecule has 0 spiro atoms. The fraction of sp³-hybridized carbons (Fsp3) is 1.00. The van der Waals surface area contributed by atoms with E-state index in [4.69, 9.17) is 4.74 Å². The van der Waals surface area contributed by atoms with Gasteiger partial charge in [0.05, 0.1) is 12.2 Å². The molecule has 1 saturated heterocycles. The third-order valence-electron chi connectivity index (χ3n) is 3.91.